The summed E-state index contributed by atoms with van der Waals surface area (Å²) >= 11 is 1.40. The van der Waals surface area contributed by atoms with Crippen LogP contribution in [-0.4, -0.2) is 17.8 Å². The van der Waals surface area contributed by atoms with Crippen LogP contribution in [0.25, 0.3) is 11.3 Å². The standard InChI is InChI=1S/C22H22N4OS/c1-15(2)12-16-8-10-17(11-9-16)20-14-28-22(24-20)19(13-23)26-25-18-6-4-5-7-21(18)27-3/h4-11,14-15,25H,12H2,1-3H3/b26-19+. The van der Waals surface area contributed by atoms with Crippen molar-refractivity contribution in [2.75, 3.05) is 12.5 Å². The minimum Gasteiger partial charge on any atom is -0.495 e. The van der Waals surface area contributed by atoms with Crippen molar-refractivity contribution in [3.63, 3.8) is 0 Å². The number of benzene rings is 2. The molecule has 0 aliphatic carbocycles. The van der Waals surface area contributed by atoms with Gasteiger partial charge in [0.05, 0.1) is 18.5 Å². The molecule has 0 unspecified atom stereocenters. The van der Waals surface area contributed by atoms with Gasteiger partial charge >= 0.3 is 0 Å². The van der Waals surface area contributed by atoms with Gasteiger partial charge in [0.1, 0.15) is 11.8 Å². The molecule has 3 aromatic rings. The SMILES string of the molecule is COc1ccccc1N/N=C(\C#N)c1nc(-c2ccc(CC(C)C)cc2)cs1. The molecule has 0 amide bonds. The first kappa shape index (κ1) is 19.6. The molecule has 1 heterocycles. The van der Waals surface area contributed by atoms with E-state index in [1.807, 2.05) is 29.6 Å². The molecule has 142 valence electrons. The molecule has 0 bridgehead atoms. The van der Waals surface area contributed by atoms with E-state index in [-0.39, 0.29) is 5.71 Å². The quantitative estimate of drug-likeness (QED) is 0.436. The van der Waals surface area contributed by atoms with Gasteiger partial charge in [-0.25, -0.2) is 4.98 Å². The van der Waals surface area contributed by atoms with Gasteiger partial charge in [-0.1, -0.05) is 50.2 Å². The molecule has 0 atom stereocenters. The van der Waals surface area contributed by atoms with Crippen LogP contribution < -0.4 is 10.2 Å². The van der Waals surface area contributed by atoms with Crippen LogP contribution in [0.2, 0.25) is 0 Å². The Kier molecular flexibility index (Phi) is 6.41. The Balaban J connectivity index is 1.78. The molecule has 6 heteroatoms. The molecular weight excluding hydrogens is 368 g/mol. The van der Waals surface area contributed by atoms with Crippen LogP contribution in [0.4, 0.5) is 5.69 Å². The molecule has 0 saturated heterocycles. The lowest BCUT2D eigenvalue weighted by Gasteiger charge is -2.06. The van der Waals surface area contributed by atoms with E-state index < -0.39 is 0 Å². The maximum atomic E-state index is 9.50. The van der Waals surface area contributed by atoms with Gasteiger partial charge in [-0.2, -0.15) is 10.4 Å². The number of anilines is 1. The van der Waals surface area contributed by atoms with Gasteiger partial charge in [-0.15, -0.1) is 11.3 Å². The van der Waals surface area contributed by atoms with Gasteiger partial charge in [0.25, 0.3) is 0 Å². The van der Waals surface area contributed by atoms with Crippen LogP contribution in [-0.2, 0) is 6.42 Å². The normalized spacial score (nSPS) is 11.3. The summed E-state index contributed by atoms with van der Waals surface area (Å²) in [4.78, 5) is 4.59. The first-order valence-corrected chi connectivity index (χ1v) is 9.90. The summed E-state index contributed by atoms with van der Waals surface area (Å²) in [6.07, 6.45) is 1.06. The van der Waals surface area contributed by atoms with Crippen molar-refractivity contribution in [1.82, 2.24) is 4.98 Å². The highest BCUT2D eigenvalue weighted by molar-refractivity contribution is 7.12. The van der Waals surface area contributed by atoms with E-state index in [1.165, 1.54) is 16.9 Å². The first-order chi connectivity index (χ1) is 13.6. The van der Waals surface area contributed by atoms with Gasteiger partial charge < -0.3 is 4.74 Å². The molecule has 3 rings (SSSR count). The van der Waals surface area contributed by atoms with Crippen molar-refractivity contribution in [2.24, 2.45) is 11.0 Å². The molecular formula is C22H22N4OS. The average molecular weight is 391 g/mol. The lowest BCUT2D eigenvalue weighted by Crippen LogP contribution is -2.02. The minimum absolute atomic E-state index is 0.235. The van der Waals surface area contributed by atoms with Gasteiger partial charge in [-0.05, 0) is 30.0 Å². The van der Waals surface area contributed by atoms with E-state index in [0.717, 1.165) is 17.7 Å². The minimum atomic E-state index is 0.235. The van der Waals surface area contributed by atoms with Crippen LogP contribution in [0.1, 0.15) is 24.4 Å². The third kappa shape index (κ3) is 4.76. The van der Waals surface area contributed by atoms with Crippen LogP contribution >= 0.6 is 11.3 Å². The zero-order valence-corrected chi connectivity index (χ0v) is 17.0. The van der Waals surface area contributed by atoms with E-state index in [0.29, 0.717) is 22.4 Å². The van der Waals surface area contributed by atoms with Crippen LogP contribution in [0, 0.1) is 17.2 Å². The van der Waals surface area contributed by atoms with Crippen LogP contribution in [0.5, 0.6) is 5.75 Å². The maximum Gasteiger partial charge on any atom is 0.196 e. The number of methoxy groups -OCH3 is 1. The predicted molar refractivity (Wildman–Crippen MR) is 115 cm³/mol. The van der Waals surface area contributed by atoms with Crippen molar-refractivity contribution in [1.29, 1.82) is 5.26 Å². The van der Waals surface area contributed by atoms with Crippen molar-refractivity contribution in [3.05, 3.63) is 64.5 Å². The maximum absolute atomic E-state index is 9.50. The predicted octanol–water partition coefficient (Wildman–Crippen LogP) is 5.36. The highest BCUT2D eigenvalue weighted by Crippen LogP contribution is 2.25. The van der Waals surface area contributed by atoms with Gasteiger partial charge in [0.15, 0.2) is 10.7 Å². The van der Waals surface area contributed by atoms with Crippen molar-refractivity contribution in [2.45, 2.75) is 20.3 Å². The Bertz CT molecular complexity index is 1000. The number of para-hydroxylation sites is 2. The summed E-state index contributed by atoms with van der Waals surface area (Å²) in [6, 6.07) is 17.9. The molecule has 1 aromatic heterocycles. The number of nitrogens with one attached hydrogen (secondary N) is 1. The summed E-state index contributed by atoms with van der Waals surface area (Å²) < 4.78 is 5.28. The number of aromatic nitrogens is 1. The molecule has 0 saturated carbocycles. The Morgan fingerprint density at radius 3 is 2.64 bits per heavy atom. The first-order valence-electron chi connectivity index (χ1n) is 9.02. The van der Waals surface area contributed by atoms with Gasteiger partial charge in [0, 0.05) is 10.9 Å². The van der Waals surface area contributed by atoms with Crippen molar-refractivity contribution in [3.8, 4) is 23.1 Å². The highest BCUT2D eigenvalue weighted by atomic mass is 32.1. The Morgan fingerprint density at radius 2 is 1.96 bits per heavy atom. The fraction of sp³-hybridized carbons (Fsp3) is 0.227. The number of nitrogens with zero attached hydrogens (tertiary/aromatic N) is 3. The number of hydrazone groups is 1. The average Bonchev–Trinajstić information content (AvgIpc) is 3.19. The molecule has 5 nitrogen and oxygen atoms in total. The van der Waals surface area contributed by atoms with Crippen molar-refractivity contribution >= 4 is 22.7 Å². The third-order valence-corrected chi connectivity index (χ3v) is 4.95. The Morgan fingerprint density at radius 1 is 1.21 bits per heavy atom. The zero-order valence-electron chi connectivity index (χ0n) is 16.1. The molecule has 2 aromatic carbocycles. The number of hydrogen-bond acceptors (Lipinski definition) is 6. The smallest absolute Gasteiger partial charge is 0.196 e. The largest absolute Gasteiger partial charge is 0.495 e. The molecule has 0 spiro atoms. The molecule has 28 heavy (non-hydrogen) atoms. The molecule has 0 aliphatic heterocycles. The second-order valence-corrected chi connectivity index (χ2v) is 7.58. The molecule has 0 aliphatic rings. The van der Waals surface area contributed by atoms with Gasteiger partial charge in [-0.3, -0.25) is 5.43 Å². The Hall–Kier alpha value is -3.17. The third-order valence-electron chi connectivity index (χ3n) is 4.10. The van der Waals surface area contributed by atoms with E-state index >= 15 is 0 Å². The van der Waals surface area contributed by atoms with E-state index in [9.17, 15) is 5.26 Å². The number of ether oxygens (including phenoxy) is 1. The number of thiazole rings is 1. The highest BCUT2D eigenvalue weighted by Gasteiger charge is 2.11. The fourth-order valence-electron chi connectivity index (χ4n) is 2.77. The summed E-state index contributed by atoms with van der Waals surface area (Å²) in [6.45, 7) is 4.42. The summed E-state index contributed by atoms with van der Waals surface area (Å²) in [5.41, 5.74) is 7.01. The lowest BCUT2D eigenvalue weighted by molar-refractivity contribution is 0.416. The summed E-state index contributed by atoms with van der Waals surface area (Å²) in [7, 11) is 1.59. The van der Waals surface area contributed by atoms with Crippen molar-refractivity contribution < 1.29 is 4.74 Å². The molecule has 1 N–H and O–H groups in total. The van der Waals surface area contributed by atoms with E-state index in [2.05, 4.69) is 59.7 Å². The Labute approximate surface area is 169 Å². The topological polar surface area (TPSA) is 70.3 Å². The second-order valence-electron chi connectivity index (χ2n) is 6.72. The van der Waals surface area contributed by atoms with Gasteiger partial charge in [0.2, 0.25) is 0 Å². The zero-order chi connectivity index (χ0) is 19.9. The van der Waals surface area contributed by atoms with E-state index in [1.54, 1.807) is 7.11 Å². The number of nitriles is 1. The molecule has 0 radical (unpaired) electrons. The summed E-state index contributed by atoms with van der Waals surface area (Å²) in [5, 5.41) is 16.2. The second kappa shape index (κ2) is 9.16. The summed E-state index contributed by atoms with van der Waals surface area (Å²) in [5.74, 6) is 1.28. The lowest BCUT2D eigenvalue weighted by atomic mass is 10.0. The number of hydrogen-bond donors (Lipinski definition) is 1. The monoisotopic (exact) mass is 390 g/mol. The molecule has 0 fully saturated rings. The number of rotatable bonds is 7. The fourth-order valence-corrected chi connectivity index (χ4v) is 3.54. The van der Waals surface area contributed by atoms with E-state index in [4.69, 9.17) is 4.74 Å². The van der Waals surface area contributed by atoms with Crippen LogP contribution in [0.3, 0.4) is 0 Å². The van der Waals surface area contributed by atoms with Crippen LogP contribution in [0.15, 0.2) is 59.0 Å².